The van der Waals surface area contributed by atoms with Crippen molar-refractivity contribution < 1.29 is 8.42 Å². The third-order valence-electron chi connectivity index (χ3n) is 5.02. The molecule has 2 atom stereocenters. The fourth-order valence-electron chi connectivity index (χ4n) is 3.73. The second-order valence-corrected chi connectivity index (χ2v) is 9.12. The summed E-state index contributed by atoms with van der Waals surface area (Å²) in [6, 6.07) is 0.340. The Kier molecular flexibility index (Phi) is 6.51. The summed E-state index contributed by atoms with van der Waals surface area (Å²) in [4.78, 5) is 4.71. The maximum atomic E-state index is 12.5. The zero-order valence-corrected chi connectivity index (χ0v) is 14.6. The molecule has 2 heterocycles. The average Bonchev–Trinajstić information content (AvgIpc) is 2.48. The van der Waals surface area contributed by atoms with Crippen molar-refractivity contribution in [1.82, 2.24) is 9.80 Å². The lowest BCUT2D eigenvalue weighted by atomic mass is 10.1. The van der Waals surface area contributed by atoms with E-state index in [1.165, 1.54) is 38.5 Å². The molecule has 0 unspecified atom stereocenters. The lowest BCUT2D eigenvalue weighted by Crippen LogP contribution is -2.45. The molecule has 2 rings (SSSR count). The molecule has 0 radical (unpaired) electrons. The van der Waals surface area contributed by atoms with E-state index < -0.39 is 9.84 Å². The minimum Gasteiger partial charge on any atom is -0.300 e. The van der Waals surface area contributed by atoms with Gasteiger partial charge >= 0.3 is 0 Å². The summed E-state index contributed by atoms with van der Waals surface area (Å²) in [6.07, 6.45) is 7.45. The van der Waals surface area contributed by atoms with Gasteiger partial charge in [0.25, 0.3) is 0 Å². The van der Waals surface area contributed by atoms with E-state index in [9.17, 15) is 8.42 Å². The first-order valence-electron chi connectivity index (χ1n) is 8.66. The predicted molar refractivity (Wildman–Crippen MR) is 88.4 cm³/mol. The standard InChI is InChI=1S/C16H32N2O2S/c1-15(17-9-5-3-6-10-17)13-21(19,20)14-16(2)18-11-7-4-8-12-18/h15-16H,3-14H2,1-2H3/t15-,16+. The van der Waals surface area contributed by atoms with Gasteiger partial charge in [-0.05, 0) is 65.7 Å². The predicted octanol–water partition coefficient (Wildman–Crippen LogP) is 2.15. The van der Waals surface area contributed by atoms with Crippen LogP contribution >= 0.6 is 0 Å². The molecule has 21 heavy (non-hydrogen) atoms. The van der Waals surface area contributed by atoms with E-state index in [0.717, 1.165) is 26.2 Å². The zero-order valence-electron chi connectivity index (χ0n) is 13.8. The van der Waals surface area contributed by atoms with Gasteiger partial charge in [-0.1, -0.05) is 12.8 Å². The molecule has 0 aromatic carbocycles. The van der Waals surface area contributed by atoms with Crippen molar-refractivity contribution in [3.8, 4) is 0 Å². The highest BCUT2D eigenvalue weighted by atomic mass is 32.2. The first-order valence-corrected chi connectivity index (χ1v) is 10.5. The number of hydrogen-bond acceptors (Lipinski definition) is 4. The average molecular weight is 317 g/mol. The SMILES string of the molecule is C[C@H](CS(=O)(=O)C[C@H](C)N1CCCCC1)N1CCCCC1. The van der Waals surface area contributed by atoms with Crippen LogP contribution in [-0.4, -0.2) is 68.0 Å². The number of hydrogen-bond donors (Lipinski definition) is 0. The van der Waals surface area contributed by atoms with Gasteiger partial charge in [0, 0.05) is 12.1 Å². The van der Waals surface area contributed by atoms with Crippen molar-refractivity contribution in [3.63, 3.8) is 0 Å². The summed E-state index contributed by atoms with van der Waals surface area (Å²) in [5, 5.41) is 0. The Balaban J connectivity index is 1.82. The smallest absolute Gasteiger partial charge is 0.153 e. The second kappa shape index (κ2) is 7.93. The van der Waals surface area contributed by atoms with Crippen LogP contribution < -0.4 is 0 Å². The van der Waals surface area contributed by atoms with Crippen LogP contribution in [0.2, 0.25) is 0 Å². The lowest BCUT2D eigenvalue weighted by molar-refractivity contribution is 0.182. The molecule has 2 fully saturated rings. The second-order valence-electron chi connectivity index (χ2n) is 6.97. The van der Waals surface area contributed by atoms with Crippen LogP contribution in [0.25, 0.3) is 0 Å². The lowest BCUT2D eigenvalue weighted by Gasteiger charge is -2.34. The molecule has 2 aliphatic rings. The van der Waals surface area contributed by atoms with Gasteiger partial charge < -0.3 is 0 Å². The summed E-state index contributed by atoms with van der Waals surface area (Å²) in [7, 11) is -2.96. The van der Waals surface area contributed by atoms with Gasteiger partial charge in [-0.25, -0.2) is 8.42 Å². The number of likely N-dealkylation sites (tertiary alicyclic amines) is 2. The molecule has 0 spiro atoms. The number of rotatable bonds is 6. The molecule has 0 saturated carbocycles. The van der Waals surface area contributed by atoms with E-state index in [1.54, 1.807) is 0 Å². The van der Waals surface area contributed by atoms with Crippen LogP contribution in [-0.2, 0) is 9.84 Å². The molecule has 4 nitrogen and oxygen atoms in total. The van der Waals surface area contributed by atoms with Crippen LogP contribution in [0.15, 0.2) is 0 Å². The number of nitrogens with zero attached hydrogens (tertiary/aromatic N) is 2. The zero-order chi connectivity index (χ0) is 15.3. The molecule has 2 aliphatic heterocycles. The molecular weight excluding hydrogens is 284 g/mol. The first-order chi connectivity index (χ1) is 9.98. The van der Waals surface area contributed by atoms with Gasteiger partial charge in [-0.2, -0.15) is 0 Å². The fraction of sp³-hybridized carbons (Fsp3) is 1.00. The molecule has 5 heteroatoms. The maximum Gasteiger partial charge on any atom is 0.153 e. The topological polar surface area (TPSA) is 40.6 Å². The summed E-state index contributed by atoms with van der Waals surface area (Å²) >= 11 is 0. The van der Waals surface area contributed by atoms with E-state index in [-0.39, 0.29) is 12.1 Å². The monoisotopic (exact) mass is 316 g/mol. The minimum absolute atomic E-state index is 0.170. The Morgan fingerprint density at radius 1 is 0.714 bits per heavy atom. The van der Waals surface area contributed by atoms with Gasteiger partial charge in [0.2, 0.25) is 0 Å². The highest BCUT2D eigenvalue weighted by Crippen LogP contribution is 2.16. The van der Waals surface area contributed by atoms with Gasteiger partial charge in [0.15, 0.2) is 9.84 Å². The largest absolute Gasteiger partial charge is 0.300 e. The van der Waals surface area contributed by atoms with Crippen molar-refractivity contribution in [2.75, 3.05) is 37.7 Å². The molecule has 0 aromatic heterocycles. The summed E-state index contributed by atoms with van der Waals surface area (Å²) < 4.78 is 25.0. The molecule has 0 amide bonds. The highest BCUT2D eigenvalue weighted by molar-refractivity contribution is 7.91. The van der Waals surface area contributed by atoms with Gasteiger partial charge in [0.05, 0.1) is 11.5 Å². The maximum absolute atomic E-state index is 12.5. The molecule has 124 valence electrons. The van der Waals surface area contributed by atoms with E-state index in [1.807, 2.05) is 0 Å². The molecule has 0 aliphatic carbocycles. The Hall–Kier alpha value is -0.130. The molecule has 0 N–H and O–H groups in total. The summed E-state index contributed by atoms with van der Waals surface area (Å²) in [5.74, 6) is 0.649. The third kappa shape index (κ3) is 5.53. The van der Waals surface area contributed by atoms with Crippen molar-refractivity contribution >= 4 is 9.84 Å². The summed E-state index contributed by atoms with van der Waals surface area (Å²) in [6.45, 7) is 8.43. The highest BCUT2D eigenvalue weighted by Gasteiger charge is 2.26. The van der Waals surface area contributed by atoms with Crippen molar-refractivity contribution in [3.05, 3.63) is 0 Å². The van der Waals surface area contributed by atoms with Gasteiger partial charge in [-0.3, -0.25) is 9.80 Å². The molecule has 2 saturated heterocycles. The summed E-state index contributed by atoms with van der Waals surface area (Å²) in [5.41, 5.74) is 0. The van der Waals surface area contributed by atoms with Crippen LogP contribution in [0.4, 0.5) is 0 Å². The fourth-order valence-corrected chi connectivity index (χ4v) is 5.76. The van der Waals surface area contributed by atoms with Crippen molar-refractivity contribution in [2.45, 2.75) is 64.5 Å². The van der Waals surface area contributed by atoms with E-state index in [4.69, 9.17) is 0 Å². The van der Waals surface area contributed by atoms with Crippen LogP contribution in [0.5, 0.6) is 0 Å². The molecular formula is C16H32N2O2S. The first kappa shape index (κ1) is 17.2. The molecule has 0 bridgehead atoms. The van der Waals surface area contributed by atoms with Crippen molar-refractivity contribution in [2.24, 2.45) is 0 Å². The van der Waals surface area contributed by atoms with Gasteiger partial charge in [-0.15, -0.1) is 0 Å². The van der Waals surface area contributed by atoms with Gasteiger partial charge in [0.1, 0.15) is 0 Å². The van der Waals surface area contributed by atoms with Crippen molar-refractivity contribution in [1.29, 1.82) is 0 Å². The Labute approximate surface area is 130 Å². The quantitative estimate of drug-likeness (QED) is 0.753. The Morgan fingerprint density at radius 3 is 1.38 bits per heavy atom. The van der Waals surface area contributed by atoms with Crippen LogP contribution in [0, 0.1) is 0 Å². The van der Waals surface area contributed by atoms with E-state index >= 15 is 0 Å². The van der Waals surface area contributed by atoms with E-state index in [0.29, 0.717) is 11.5 Å². The Bertz CT molecular complexity index is 367. The normalized spacial score (nSPS) is 25.6. The third-order valence-corrected chi connectivity index (χ3v) is 7.00. The minimum atomic E-state index is -2.96. The van der Waals surface area contributed by atoms with Crippen LogP contribution in [0.3, 0.4) is 0 Å². The number of piperidine rings is 2. The number of sulfone groups is 1. The molecule has 0 aromatic rings. The Morgan fingerprint density at radius 2 is 1.05 bits per heavy atom. The van der Waals surface area contributed by atoms with E-state index in [2.05, 4.69) is 23.6 Å². The van der Waals surface area contributed by atoms with Crippen LogP contribution in [0.1, 0.15) is 52.4 Å².